The van der Waals surface area contributed by atoms with E-state index in [1.807, 2.05) is 20.8 Å². The van der Waals surface area contributed by atoms with Crippen molar-refractivity contribution in [3.8, 4) is 11.4 Å². The zero-order valence-corrected chi connectivity index (χ0v) is 18.4. The first kappa shape index (κ1) is 21.3. The molecule has 0 radical (unpaired) electrons. The van der Waals surface area contributed by atoms with Gasteiger partial charge < -0.3 is 4.57 Å². The van der Waals surface area contributed by atoms with Gasteiger partial charge in [0.25, 0.3) is 10.0 Å². The third-order valence-electron chi connectivity index (χ3n) is 4.67. The van der Waals surface area contributed by atoms with Gasteiger partial charge in [-0.05, 0) is 36.1 Å². The van der Waals surface area contributed by atoms with Crippen LogP contribution in [-0.2, 0) is 22.5 Å². The van der Waals surface area contributed by atoms with Gasteiger partial charge in [0.15, 0.2) is 5.82 Å². The molecule has 29 heavy (non-hydrogen) atoms. The van der Waals surface area contributed by atoms with Gasteiger partial charge in [-0.3, -0.25) is 4.72 Å². The molecule has 0 saturated heterocycles. The minimum atomic E-state index is -3.96. The van der Waals surface area contributed by atoms with E-state index in [9.17, 15) is 12.8 Å². The average molecular weight is 437 g/mol. The van der Waals surface area contributed by atoms with Crippen LogP contribution in [-0.4, -0.2) is 23.2 Å². The van der Waals surface area contributed by atoms with Crippen LogP contribution in [0, 0.1) is 12.7 Å². The lowest BCUT2D eigenvalue weighted by atomic mass is 9.87. The Morgan fingerprint density at radius 2 is 1.72 bits per heavy atom. The Kier molecular flexibility index (Phi) is 5.44. The summed E-state index contributed by atoms with van der Waals surface area (Å²) in [6, 6.07) is 8.97. The van der Waals surface area contributed by atoms with Gasteiger partial charge in [0.1, 0.15) is 11.6 Å². The van der Waals surface area contributed by atoms with Crippen LogP contribution in [0.3, 0.4) is 0 Å². The fraction of sp³-hybridized carbons (Fsp3) is 0.300. The smallest absolute Gasteiger partial charge is 0.261 e. The molecule has 0 unspecified atom stereocenters. The maximum absolute atomic E-state index is 14.1. The summed E-state index contributed by atoms with van der Waals surface area (Å²) in [5, 5.41) is 7.89. The highest BCUT2D eigenvalue weighted by Gasteiger charge is 2.22. The number of aromatic nitrogens is 3. The lowest BCUT2D eigenvalue weighted by Crippen LogP contribution is -2.16. The molecule has 3 rings (SSSR count). The highest BCUT2D eigenvalue weighted by molar-refractivity contribution is 7.92. The summed E-state index contributed by atoms with van der Waals surface area (Å²) in [4.78, 5) is 0.0703. The first-order valence-corrected chi connectivity index (χ1v) is 10.7. The number of nitrogens with zero attached hydrogens (tertiary/aromatic N) is 3. The van der Waals surface area contributed by atoms with E-state index in [1.165, 1.54) is 18.2 Å². The van der Waals surface area contributed by atoms with Crippen LogP contribution in [0.2, 0.25) is 5.02 Å². The average Bonchev–Trinajstić information content (AvgIpc) is 2.96. The number of aryl methyl sites for hydroxylation is 1. The van der Waals surface area contributed by atoms with Gasteiger partial charge in [0.2, 0.25) is 0 Å². The molecule has 0 aliphatic carbocycles. The summed E-state index contributed by atoms with van der Waals surface area (Å²) in [5.74, 6) is 0.243. The van der Waals surface area contributed by atoms with Gasteiger partial charge in [-0.15, -0.1) is 10.2 Å². The Bertz CT molecular complexity index is 1170. The van der Waals surface area contributed by atoms with E-state index >= 15 is 0 Å². The lowest BCUT2D eigenvalue weighted by Gasteiger charge is -2.19. The maximum Gasteiger partial charge on any atom is 0.261 e. The standard InChI is InChI=1S/C20H22ClFN4O2S/c1-12-23-24-19(26(12)5)15-10-16(21)17(22)11-18(15)25-29(27,28)14-8-6-13(7-9-14)20(2,3)4/h6-11,25H,1-5H3. The summed E-state index contributed by atoms with van der Waals surface area (Å²) in [5.41, 5.74) is 1.26. The summed E-state index contributed by atoms with van der Waals surface area (Å²) in [6.07, 6.45) is 0. The highest BCUT2D eigenvalue weighted by Crippen LogP contribution is 2.33. The maximum atomic E-state index is 14.1. The molecular weight excluding hydrogens is 415 g/mol. The zero-order valence-electron chi connectivity index (χ0n) is 16.8. The van der Waals surface area contributed by atoms with E-state index in [4.69, 9.17) is 11.6 Å². The topological polar surface area (TPSA) is 76.9 Å². The van der Waals surface area contributed by atoms with E-state index < -0.39 is 15.8 Å². The van der Waals surface area contributed by atoms with Gasteiger partial charge in [-0.1, -0.05) is 44.5 Å². The van der Waals surface area contributed by atoms with Gasteiger partial charge in [0, 0.05) is 18.7 Å². The molecule has 0 bridgehead atoms. The van der Waals surface area contributed by atoms with Gasteiger partial charge >= 0.3 is 0 Å². The third-order valence-corrected chi connectivity index (χ3v) is 6.34. The molecule has 1 heterocycles. The minimum Gasteiger partial charge on any atom is -0.314 e. The number of nitrogens with one attached hydrogen (secondary N) is 1. The number of anilines is 1. The third kappa shape index (κ3) is 4.28. The van der Waals surface area contributed by atoms with Crippen molar-refractivity contribution in [1.82, 2.24) is 14.8 Å². The molecule has 2 aromatic carbocycles. The molecule has 0 saturated carbocycles. The molecule has 9 heteroatoms. The van der Waals surface area contributed by atoms with E-state index in [2.05, 4.69) is 14.9 Å². The van der Waals surface area contributed by atoms with Crippen LogP contribution < -0.4 is 4.72 Å². The Labute approximate surface area is 174 Å². The second-order valence-electron chi connectivity index (χ2n) is 7.82. The van der Waals surface area contributed by atoms with E-state index in [-0.39, 0.29) is 21.0 Å². The summed E-state index contributed by atoms with van der Waals surface area (Å²) < 4.78 is 44.1. The van der Waals surface area contributed by atoms with Crippen molar-refractivity contribution in [2.75, 3.05) is 4.72 Å². The second-order valence-corrected chi connectivity index (χ2v) is 9.91. The van der Waals surface area contributed by atoms with Crippen LogP contribution in [0.4, 0.5) is 10.1 Å². The Morgan fingerprint density at radius 1 is 1.10 bits per heavy atom. The van der Waals surface area contributed by atoms with Crippen molar-refractivity contribution >= 4 is 27.3 Å². The summed E-state index contributed by atoms with van der Waals surface area (Å²) in [7, 11) is -2.23. The van der Waals surface area contributed by atoms with Crippen molar-refractivity contribution in [3.05, 3.63) is 58.6 Å². The molecular formula is C20H22ClFN4O2S. The van der Waals surface area contributed by atoms with Crippen LogP contribution in [0.25, 0.3) is 11.4 Å². The Balaban J connectivity index is 2.05. The molecule has 0 spiro atoms. The molecule has 6 nitrogen and oxygen atoms in total. The number of halogens is 2. The van der Waals surface area contributed by atoms with Crippen LogP contribution in [0.1, 0.15) is 32.2 Å². The lowest BCUT2D eigenvalue weighted by molar-refractivity contribution is 0.587. The number of sulfonamides is 1. The molecule has 154 valence electrons. The van der Waals surface area contributed by atoms with E-state index in [0.717, 1.165) is 11.6 Å². The van der Waals surface area contributed by atoms with E-state index in [1.54, 1.807) is 30.7 Å². The van der Waals surface area contributed by atoms with Gasteiger partial charge in [-0.25, -0.2) is 12.8 Å². The largest absolute Gasteiger partial charge is 0.314 e. The SMILES string of the molecule is Cc1nnc(-c2cc(Cl)c(F)cc2NS(=O)(=O)c2ccc(C(C)(C)C)cc2)n1C. The van der Waals surface area contributed by atoms with E-state index in [0.29, 0.717) is 17.2 Å². The van der Waals surface area contributed by atoms with Crippen molar-refractivity contribution in [1.29, 1.82) is 0 Å². The fourth-order valence-corrected chi connectivity index (χ4v) is 4.03. The highest BCUT2D eigenvalue weighted by atomic mass is 35.5. The van der Waals surface area contributed by atoms with Crippen molar-refractivity contribution in [2.24, 2.45) is 7.05 Å². The number of hydrogen-bond acceptors (Lipinski definition) is 4. The van der Waals surface area contributed by atoms with Crippen LogP contribution in [0.5, 0.6) is 0 Å². The summed E-state index contributed by atoms with van der Waals surface area (Å²) >= 11 is 5.93. The molecule has 0 amide bonds. The van der Waals surface area contributed by atoms with Gasteiger partial charge in [0.05, 0.1) is 15.6 Å². The molecule has 3 aromatic rings. The quantitative estimate of drug-likeness (QED) is 0.644. The number of hydrogen-bond donors (Lipinski definition) is 1. The number of benzene rings is 2. The molecule has 0 atom stereocenters. The van der Waals surface area contributed by atoms with Gasteiger partial charge in [-0.2, -0.15) is 0 Å². The van der Waals surface area contributed by atoms with Crippen molar-refractivity contribution < 1.29 is 12.8 Å². The fourth-order valence-electron chi connectivity index (χ4n) is 2.80. The van der Waals surface area contributed by atoms with Crippen molar-refractivity contribution in [3.63, 3.8) is 0 Å². The monoisotopic (exact) mass is 436 g/mol. The molecule has 0 aliphatic heterocycles. The Morgan fingerprint density at radius 3 is 2.24 bits per heavy atom. The molecule has 1 aromatic heterocycles. The molecule has 0 fully saturated rings. The molecule has 0 aliphatic rings. The minimum absolute atomic E-state index is 0.0299. The zero-order chi connectivity index (χ0) is 21.6. The molecule has 1 N–H and O–H groups in total. The number of rotatable bonds is 4. The first-order valence-electron chi connectivity index (χ1n) is 8.89. The van der Waals surface area contributed by atoms with Crippen LogP contribution in [0.15, 0.2) is 41.3 Å². The van der Waals surface area contributed by atoms with Crippen molar-refractivity contribution in [2.45, 2.75) is 38.0 Å². The predicted molar refractivity (Wildman–Crippen MR) is 112 cm³/mol. The summed E-state index contributed by atoms with van der Waals surface area (Å²) in [6.45, 7) is 7.88. The first-order chi connectivity index (χ1) is 13.4. The normalized spacial score (nSPS) is 12.2. The Hall–Kier alpha value is -2.45. The van der Waals surface area contributed by atoms with Crippen LogP contribution >= 0.6 is 11.6 Å². The predicted octanol–water partition coefficient (Wildman–Crippen LogP) is 4.68. The second kappa shape index (κ2) is 7.42.